The van der Waals surface area contributed by atoms with E-state index >= 15 is 0 Å². The number of hydrogen-bond acceptors (Lipinski definition) is 3. The van der Waals surface area contributed by atoms with Crippen molar-refractivity contribution in [2.45, 2.75) is 32.7 Å². The van der Waals surface area contributed by atoms with Gasteiger partial charge in [0.2, 0.25) is 5.88 Å². The van der Waals surface area contributed by atoms with Crippen LogP contribution in [-0.2, 0) is 18.9 Å². The quantitative estimate of drug-likeness (QED) is 0.367. The zero-order chi connectivity index (χ0) is 26.3. The molecule has 3 aromatic rings. The SMILES string of the molecule is Cc1ccc(-c2ccnc3c2C(=O)N(Cc2cc(C(F)(F)F)cc(C(F)(F)F)c2)C[C@H](C)CO3)cc1. The molecule has 0 bridgehead atoms. The first kappa shape index (κ1) is 25.5. The van der Waals surface area contributed by atoms with Crippen LogP contribution in [0.1, 0.15) is 39.5 Å². The van der Waals surface area contributed by atoms with Crippen molar-refractivity contribution in [3.63, 3.8) is 0 Å². The summed E-state index contributed by atoms with van der Waals surface area (Å²) in [7, 11) is 0. The molecule has 0 radical (unpaired) electrons. The third-order valence-electron chi connectivity index (χ3n) is 5.84. The van der Waals surface area contributed by atoms with Crippen molar-refractivity contribution in [2.75, 3.05) is 13.2 Å². The van der Waals surface area contributed by atoms with Gasteiger partial charge < -0.3 is 9.64 Å². The van der Waals surface area contributed by atoms with Crippen molar-refractivity contribution in [1.82, 2.24) is 9.88 Å². The second-order valence-corrected chi connectivity index (χ2v) is 8.92. The fraction of sp³-hybridized carbons (Fsp3) is 0.308. The van der Waals surface area contributed by atoms with Crippen LogP contribution >= 0.6 is 0 Å². The minimum Gasteiger partial charge on any atom is -0.477 e. The molecule has 0 saturated heterocycles. The molecule has 0 spiro atoms. The smallest absolute Gasteiger partial charge is 0.416 e. The number of fused-ring (bicyclic) bond motifs is 1. The summed E-state index contributed by atoms with van der Waals surface area (Å²) in [5.74, 6) is -0.777. The van der Waals surface area contributed by atoms with E-state index < -0.39 is 35.9 Å². The largest absolute Gasteiger partial charge is 0.477 e. The molecule has 0 fully saturated rings. The van der Waals surface area contributed by atoms with Crippen LogP contribution in [0.2, 0.25) is 0 Å². The highest BCUT2D eigenvalue weighted by atomic mass is 19.4. The van der Waals surface area contributed by atoms with E-state index in [9.17, 15) is 31.1 Å². The highest BCUT2D eigenvalue weighted by molar-refractivity contribution is 6.03. The molecule has 2 aromatic carbocycles. The molecule has 1 amide bonds. The van der Waals surface area contributed by atoms with Crippen LogP contribution in [0, 0.1) is 12.8 Å². The van der Waals surface area contributed by atoms with Crippen molar-refractivity contribution < 1.29 is 35.9 Å². The molecule has 190 valence electrons. The zero-order valence-corrected chi connectivity index (χ0v) is 19.4. The Labute approximate surface area is 203 Å². The Morgan fingerprint density at radius 1 is 0.972 bits per heavy atom. The first-order valence-electron chi connectivity index (χ1n) is 11.1. The van der Waals surface area contributed by atoms with Gasteiger partial charge in [-0.25, -0.2) is 4.98 Å². The minimum atomic E-state index is -4.98. The van der Waals surface area contributed by atoms with Gasteiger partial charge in [-0.15, -0.1) is 0 Å². The summed E-state index contributed by atoms with van der Waals surface area (Å²) in [6, 6.07) is 10.3. The van der Waals surface area contributed by atoms with E-state index in [1.807, 2.05) is 31.2 Å². The number of rotatable bonds is 3. The lowest BCUT2D eigenvalue weighted by Gasteiger charge is -2.30. The maximum absolute atomic E-state index is 13.7. The molecule has 1 aliphatic heterocycles. The number of carbonyl (C=O) groups is 1. The third-order valence-corrected chi connectivity index (χ3v) is 5.84. The third kappa shape index (κ3) is 5.47. The predicted octanol–water partition coefficient (Wildman–Crippen LogP) is 6.77. The molecular formula is C26H22F6N2O2. The number of benzene rings is 2. The molecule has 2 heterocycles. The number of aryl methyl sites for hydroxylation is 1. The van der Waals surface area contributed by atoms with Crippen LogP contribution in [0.3, 0.4) is 0 Å². The van der Waals surface area contributed by atoms with Crippen molar-refractivity contribution >= 4 is 5.91 Å². The first-order valence-corrected chi connectivity index (χ1v) is 11.1. The van der Waals surface area contributed by atoms with Crippen LogP contribution in [-0.4, -0.2) is 28.9 Å². The molecule has 4 rings (SSSR count). The summed E-state index contributed by atoms with van der Waals surface area (Å²) < 4.78 is 86.0. The molecule has 0 saturated carbocycles. The van der Waals surface area contributed by atoms with Gasteiger partial charge in [0.15, 0.2) is 0 Å². The Morgan fingerprint density at radius 2 is 1.58 bits per heavy atom. The van der Waals surface area contributed by atoms with Crippen molar-refractivity contribution in [2.24, 2.45) is 5.92 Å². The summed E-state index contributed by atoms with van der Waals surface area (Å²) in [6.07, 6.45) is -8.47. The predicted molar refractivity (Wildman–Crippen MR) is 120 cm³/mol. The summed E-state index contributed by atoms with van der Waals surface area (Å²) >= 11 is 0. The van der Waals surface area contributed by atoms with Crippen molar-refractivity contribution in [3.8, 4) is 17.0 Å². The highest BCUT2D eigenvalue weighted by Crippen LogP contribution is 2.37. The number of ether oxygens (including phenoxy) is 1. The molecule has 4 nitrogen and oxygen atoms in total. The maximum atomic E-state index is 13.7. The van der Waals surface area contributed by atoms with E-state index in [1.54, 1.807) is 13.0 Å². The van der Waals surface area contributed by atoms with Crippen LogP contribution in [0.4, 0.5) is 26.3 Å². The molecule has 0 unspecified atom stereocenters. The molecule has 0 N–H and O–H groups in total. The van der Waals surface area contributed by atoms with Gasteiger partial charge in [-0.1, -0.05) is 36.8 Å². The van der Waals surface area contributed by atoms with Crippen LogP contribution in [0.25, 0.3) is 11.1 Å². The molecular weight excluding hydrogens is 486 g/mol. The second kappa shape index (κ2) is 9.48. The molecule has 1 aliphatic rings. The van der Waals surface area contributed by atoms with Gasteiger partial charge in [-0.05, 0) is 42.3 Å². The summed E-state index contributed by atoms with van der Waals surface area (Å²) in [6.45, 7) is 3.46. The Kier molecular flexibility index (Phi) is 6.72. The van der Waals surface area contributed by atoms with Gasteiger partial charge in [0, 0.05) is 30.8 Å². The molecule has 10 heteroatoms. The fourth-order valence-corrected chi connectivity index (χ4v) is 4.09. The van der Waals surface area contributed by atoms with Gasteiger partial charge in [0.25, 0.3) is 5.91 Å². The van der Waals surface area contributed by atoms with Gasteiger partial charge in [0.1, 0.15) is 5.56 Å². The Balaban J connectivity index is 1.79. The van der Waals surface area contributed by atoms with Gasteiger partial charge in [-0.2, -0.15) is 26.3 Å². The Bertz CT molecular complexity index is 1240. The highest BCUT2D eigenvalue weighted by Gasteiger charge is 2.37. The fourth-order valence-electron chi connectivity index (χ4n) is 4.09. The lowest BCUT2D eigenvalue weighted by molar-refractivity contribution is -0.143. The maximum Gasteiger partial charge on any atom is 0.416 e. The molecule has 36 heavy (non-hydrogen) atoms. The van der Waals surface area contributed by atoms with Crippen molar-refractivity contribution in [1.29, 1.82) is 0 Å². The average Bonchev–Trinajstić information content (AvgIpc) is 2.80. The van der Waals surface area contributed by atoms with E-state index in [0.717, 1.165) is 5.56 Å². The second-order valence-electron chi connectivity index (χ2n) is 8.92. The molecule has 0 aliphatic carbocycles. The van der Waals surface area contributed by atoms with Crippen LogP contribution < -0.4 is 4.74 Å². The summed E-state index contributed by atoms with van der Waals surface area (Å²) in [5, 5.41) is 0. The first-order chi connectivity index (χ1) is 16.8. The van der Waals surface area contributed by atoms with Gasteiger partial charge in [0.05, 0.1) is 17.7 Å². The Hall–Kier alpha value is -3.56. The standard InChI is InChI=1S/C26H22F6N2O2/c1-15-3-5-18(6-4-15)21-7-8-33-23-22(21)24(35)34(12-16(2)14-36-23)13-17-9-19(25(27,28)29)11-20(10-17)26(30,31)32/h3-11,16H,12-14H2,1-2H3/t16-/m0/s1. The monoisotopic (exact) mass is 508 g/mol. The number of carbonyl (C=O) groups excluding carboxylic acids is 1. The average molecular weight is 508 g/mol. The number of hydrogen-bond donors (Lipinski definition) is 0. The summed E-state index contributed by atoms with van der Waals surface area (Å²) in [4.78, 5) is 19.2. The van der Waals surface area contributed by atoms with E-state index in [0.29, 0.717) is 23.3 Å². The molecule has 1 atom stereocenters. The van der Waals surface area contributed by atoms with E-state index in [1.165, 1.54) is 11.1 Å². The number of halogens is 6. The van der Waals surface area contributed by atoms with Crippen LogP contribution in [0.15, 0.2) is 54.7 Å². The minimum absolute atomic E-state index is 0.0645. The number of alkyl halides is 6. The van der Waals surface area contributed by atoms with Gasteiger partial charge >= 0.3 is 12.4 Å². The van der Waals surface area contributed by atoms with E-state index in [-0.39, 0.29) is 42.1 Å². The lowest BCUT2D eigenvalue weighted by atomic mass is 9.98. The Morgan fingerprint density at radius 3 is 2.17 bits per heavy atom. The topological polar surface area (TPSA) is 42.4 Å². The van der Waals surface area contributed by atoms with E-state index in [4.69, 9.17) is 4.74 Å². The normalized spacial score (nSPS) is 16.7. The van der Waals surface area contributed by atoms with Crippen molar-refractivity contribution in [3.05, 3.63) is 82.5 Å². The number of amides is 1. The number of nitrogens with zero attached hydrogens (tertiary/aromatic N) is 2. The van der Waals surface area contributed by atoms with Gasteiger partial charge in [-0.3, -0.25) is 4.79 Å². The number of aromatic nitrogens is 1. The van der Waals surface area contributed by atoms with E-state index in [2.05, 4.69) is 4.98 Å². The number of pyridine rings is 1. The molecule has 1 aromatic heterocycles. The summed E-state index contributed by atoms with van der Waals surface area (Å²) in [5.41, 5.74) is -0.819. The lowest BCUT2D eigenvalue weighted by Crippen LogP contribution is -2.38. The zero-order valence-electron chi connectivity index (χ0n) is 19.4. The van der Waals surface area contributed by atoms with Crippen LogP contribution in [0.5, 0.6) is 5.88 Å².